The van der Waals surface area contributed by atoms with Crippen LogP contribution in [0.15, 0.2) is 97.1 Å². The summed E-state index contributed by atoms with van der Waals surface area (Å²) in [7, 11) is 0. The van der Waals surface area contributed by atoms with Gasteiger partial charge in [-0.1, -0.05) is 76.2 Å². The van der Waals surface area contributed by atoms with Gasteiger partial charge in [0.25, 0.3) is 0 Å². The quantitative estimate of drug-likeness (QED) is 0.134. The van der Waals surface area contributed by atoms with E-state index in [4.69, 9.17) is 23.7 Å². The number of epoxide rings is 1. The van der Waals surface area contributed by atoms with E-state index >= 15 is 0 Å². The summed E-state index contributed by atoms with van der Waals surface area (Å²) in [5, 5.41) is 20.0. The molecule has 0 radical (unpaired) electrons. The molecular weight excluding hydrogens is 580 g/mol. The van der Waals surface area contributed by atoms with Crippen molar-refractivity contribution >= 4 is 0 Å². The minimum atomic E-state index is -0.783. The van der Waals surface area contributed by atoms with E-state index in [0.717, 1.165) is 34.8 Å². The minimum Gasteiger partial charge on any atom is -0.491 e. The van der Waals surface area contributed by atoms with E-state index in [2.05, 4.69) is 52.0 Å². The predicted octanol–water partition coefficient (Wildman–Crippen LogP) is 6.69. The Morgan fingerprint density at radius 1 is 0.565 bits per heavy atom. The zero-order chi connectivity index (χ0) is 32.7. The molecule has 0 saturated carbocycles. The molecule has 0 spiro atoms. The second-order valence-corrected chi connectivity index (χ2v) is 13.0. The molecule has 0 aromatic heterocycles. The summed E-state index contributed by atoms with van der Waals surface area (Å²) in [6.07, 6.45) is -1.05. The predicted molar refractivity (Wildman–Crippen MR) is 179 cm³/mol. The van der Waals surface area contributed by atoms with Crippen molar-refractivity contribution in [2.75, 3.05) is 33.0 Å². The maximum absolute atomic E-state index is 10.5. The standard InChI is InChI=1S/C39H46O7/c1-27(40)22-42-33-14-6-28(7-15-33)38(2,3)29-8-16-34(17-9-29)43-23-32(41)24-44-35-18-10-30(11-19-35)39(4,5)31-12-20-36(21-13-31)45-25-37-26-46-37/h6-21,27,32,37,40-41H,22-26H2,1-5H3. The summed E-state index contributed by atoms with van der Waals surface area (Å²) in [6, 6.07) is 32.1. The van der Waals surface area contributed by atoms with E-state index in [1.54, 1.807) is 6.92 Å². The van der Waals surface area contributed by atoms with Gasteiger partial charge in [-0.2, -0.15) is 0 Å². The molecule has 1 fully saturated rings. The van der Waals surface area contributed by atoms with Gasteiger partial charge in [-0.25, -0.2) is 0 Å². The summed E-state index contributed by atoms with van der Waals surface area (Å²) in [5.41, 5.74) is 4.20. The fourth-order valence-electron chi connectivity index (χ4n) is 5.21. The molecule has 1 saturated heterocycles. The van der Waals surface area contributed by atoms with Crippen molar-refractivity contribution in [2.45, 2.75) is 63.8 Å². The second-order valence-electron chi connectivity index (χ2n) is 13.0. The second kappa shape index (κ2) is 14.6. The number of hydrogen-bond donors (Lipinski definition) is 2. The van der Waals surface area contributed by atoms with E-state index in [-0.39, 0.29) is 36.8 Å². The Balaban J connectivity index is 1.07. The third-order valence-corrected chi connectivity index (χ3v) is 8.52. The van der Waals surface area contributed by atoms with Crippen molar-refractivity contribution in [3.63, 3.8) is 0 Å². The number of rotatable bonds is 16. The first kappa shape index (κ1) is 33.3. The number of benzene rings is 4. The largest absolute Gasteiger partial charge is 0.491 e. The molecule has 4 aromatic carbocycles. The van der Waals surface area contributed by atoms with Crippen LogP contribution < -0.4 is 18.9 Å². The van der Waals surface area contributed by atoms with Gasteiger partial charge in [0, 0.05) is 10.8 Å². The zero-order valence-electron chi connectivity index (χ0n) is 27.4. The first-order valence-electron chi connectivity index (χ1n) is 15.9. The van der Waals surface area contributed by atoms with Crippen LogP contribution in [-0.2, 0) is 15.6 Å². The first-order chi connectivity index (χ1) is 22.0. The van der Waals surface area contributed by atoms with E-state index in [0.29, 0.717) is 18.1 Å². The molecule has 7 heteroatoms. The molecule has 1 aliphatic rings. The third kappa shape index (κ3) is 8.81. The lowest BCUT2D eigenvalue weighted by Gasteiger charge is -2.27. The molecule has 2 N–H and O–H groups in total. The molecule has 1 aliphatic heterocycles. The summed E-state index contributed by atoms with van der Waals surface area (Å²) in [6.45, 7) is 12.3. The van der Waals surface area contributed by atoms with Crippen LogP contribution in [0.1, 0.15) is 56.9 Å². The van der Waals surface area contributed by atoms with Gasteiger partial charge in [-0.05, 0) is 77.7 Å². The molecule has 0 bridgehead atoms. The maximum atomic E-state index is 10.5. The highest BCUT2D eigenvalue weighted by molar-refractivity contribution is 5.43. The van der Waals surface area contributed by atoms with Crippen LogP contribution in [0, 0.1) is 0 Å². The molecule has 0 amide bonds. The van der Waals surface area contributed by atoms with E-state index < -0.39 is 12.2 Å². The number of hydrogen-bond acceptors (Lipinski definition) is 7. The summed E-state index contributed by atoms with van der Waals surface area (Å²) < 4.78 is 28.3. The zero-order valence-corrected chi connectivity index (χ0v) is 27.4. The van der Waals surface area contributed by atoms with Crippen molar-refractivity contribution in [3.05, 3.63) is 119 Å². The highest BCUT2D eigenvalue weighted by Crippen LogP contribution is 2.35. The normalized spacial score (nSPS) is 15.9. The smallest absolute Gasteiger partial charge is 0.122 e. The molecule has 3 atom stereocenters. The summed E-state index contributed by atoms with van der Waals surface area (Å²) in [5.74, 6) is 2.96. The number of aliphatic hydroxyl groups excluding tert-OH is 2. The lowest BCUT2D eigenvalue weighted by molar-refractivity contribution is 0.0626. The van der Waals surface area contributed by atoms with Crippen molar-refractivity contribution in [2.24, 2.45) is 0 Å². The molecule has 3 unspecified atom stereocenters. The van der Waals surface area contributed by atoms with Crippen LogP contribution in [0.2, 0.25) is 0 Å². The van der Waals surface area contributed by atoms with Crippen LogP contribution in [0.25, 0.3) is 0 Å². The fourth-order valence-corrected chi connectivity index (χ4v) is 5.21. The number of aliphatic hydroxyl groups is 2. The van der Waals surface area contributed by atoms with Crippen molar-refractivity contribution < 1.29 is 33.9 Å². The Labute approximate surface area is 272 Å². The Morgan fingerprint density at radius 2 is 0.870 bits per heavy atom. The van der Waals surface area contributed by atoms with Gasteiger partial charge < -0.3 is 33.9 Å². The van der Waals surface area contributed by atoms with Crippen LogP contribution >= 0.6 is 0 Å². The number of ether oxygens (including phenoxy) is 5. The van der Waals surface area contributed by atoms with Crippen molar-refractivity contribution in [1.29, 1.82) is 0 Å². The lowest BCUT2D eigenvalue weighted by atomic mass is 9.78. The SMILES string of the molecule is CC(O)COc1ccc(C(C)(C)c2ccc(OCC(O)COc3ccc(C(C)(C)c4ccc(OCC5CO5)cc4)cc3)cc2)cc1. The Morgan fingerprint density at radius 3 is 1.17 bits per heavy atom. The molecule has 0 aliphatic carbocycles. The van der Waals surface area contributed by atoms with Gasteiger partial charge >= 0.3 is 0 Å². The van der Waals surface area contributed by atoms with Gasteiger partial charge in [0.1, 0.15) is 61.6 Å². The first-order valence-corrected chi connectivity index (χ1v) is 15.9. The van der Waals surface area contributed by atoms with Gasteiger partial charge in [-0.3, -0.25) is 0 Å². The van der Waals surface area contributed by atoms with Gasteiger partial charge in [-0.15, -0.1) is 0 Å². The Bertz CT molecular complexity index is 1400. The highest BCUT2D eigenvalue weighted by Gasteiger charge is 2.25. The fraction of sp³-hybridized carbons (Fsp3) is 0.385. The summed E-state index contributed by atoms with van der Waals surface area (Å²) >= 11 is 0. The monoisotopic (exact) mass is 626 g/mol. The lowest BCUT2D eigenvalue weighted by Crippen LogP contribution is -2.25. The highest BCUT2D eigenvalue weighted by atomic mass is 16.6. The van der Waals surface area contributed by atoms with Gasteiger partial charge in [0.2, 0.25) is 0 Å². The summed E-state index contributed by atoms with van der Waals surface area (Å²) in [4.78, 5) is 0. The molecule has 5 rings (SSSR count). The molecular formula is C39H46O7. The van der Waals surface area contributed by atoms with Crippen LogP contribution in [-0.4, -0.2) is 61.6 Å². The molecule has 244 valence electrons. The minimum absolute atomic E-state index is 0.120. The third-order valence-electron chi connectivity index (χ3n) is 8.52. The average Bonchev–Trinajstić information content (AvgIpc) is 3.90. The average molecular weight is 627 g/mol. The van der Waals surface area contributed by atoms with Gasteiger partial charge in [0.05, 0.1) is 12.7 Å². The molecule has 1 heterocycles. The Kier molecular flexibility index (Phi) is 10.6. The van der Waals surface area contributed by atoms with Crippen molar-refractivity contribution in [1.82, 2.24) is 0 Å². The van der Waals surface area contributed by atoms with Gasteiger partial charge in [0.15, 0.2) is 0 Å². The molecule has 46 heavy (non-hydrogen) atoms. The topological polar surface area (TPSA) is 89.9 Å². The molecule has 7 nitrogen and oxygen atoms in total. The molecule has 4 aromatic rings. The van der Waals surface area contributed by atoms with Crippen molar-refractivity contribution in [3.8, 4) is 23.0 Å². The maximum Gasteiger partial charge on any atom is 0.122 e. The van der Waals surface area contributed by atoms with E-state index in [9.17, 15) is 10.2 Å². The van der Waals surface area contributed by atoms with E-state index in [1.165, 1.54) is 5.56 Å². The van der Waals surface area contributed by atoms with Crippen LogP contribution in [0.4, 0.5) is 0 Å². The van der Waals surface area contributed by atoms with Crippen LogP contribution in [0.5, 0.6) is 23.0 Å². The van der Waals surface area contributed by atoms with Crippen LogP contribution in [0.3, 0.4) is 0 Å². The Hall–Kier alpha value is -4.04. The van der Waals surface area contributed by atoms with E-state index in [1.807, 2.05) is 72.8 Å².